The average molecular weight is 268 g/mol. The average Bonchev–Trinajstić information content (AvgIpc) is 2.37. The van der Waals surface area contributed by atoms with Crippen molar-refractivity contribution < 1.29 is 9.53 Å². The molecule has 4 nitrogen and oxygen atoms in total. The first-order chi connectivity index (χ1) is 8.99. The number of ether oxygens (including phenoxy) is 1. The van der Waals surface area contributed by atoms with Crippen molar-refractivity contribution in [2.75, 3.05) is 0 Å². The van der Waals surface area contributed by atoms with Gasteiger partial charge in [0.05, 0.1) is 18.0 Å². The van der Waals surface area contributed by atoms with Crippen molar-refractivity contribution in [3.05, 3.63) is 23.5 Å². The largest absolute Gasteiger partial charge is 0.491 e. The molecule has 19 heavy (non-hydrogen) atoms. The zero-order valence-corrected chi connectivity index (χ0v) is 13.3. The van der Waals surface area contributed by atoms with E-state index < -0.39 is 0 Å². The number of aliphatic imine (C=N–C) groups is 1. The van der Waals surface area contributed by atoms with Crippen molar-refractivity contribution in [3.63, 3.8) is 0 Å². The zero-order valence-electron chi connectivity index (χ0n) is 13.3. The predicted octanol–water partition coefficient (Wildman–Crippen LogP) is 3.58. The highest BCUT2D eigenvalue weighted by Gasteiger charge is 2.16. The molecule has 2 N–H and O–H groups in total. The van der Waals surface area contributed by atoms with Gasteiger partial charge in [-0.1, -0.05) is 33.8 Å². The van der Waals surface area contributed by atoms with E-state index in [2.05, 4.69) is 4.99 Å². The van der Waals surface area contributed by atoms with Crippen LogP contribution in [0.3, 0.4) is 0 Å². The molecule has 0 radical (unpaired) electrons. The summed E-state index contributed by atoms with van der Waals surface area (Å²) in [6.07, 6.45) is 3.95. The maximum Gasteiger partial charge on any atom is 0.251 e. The van der Waals surface area contributed by atoms with Gasteiger partial charge in [0.15, 0.2) is 0 Å². The van der Waals surface area contributed by atoms with Gasteiger partial charge in [-0.2, -0.15) is 0 Å². The zero-order chi connectivity index (χ0) is 15.4. The highest BCUT2D eigenvalue weighted by atomic mass is 16.5. The summed E-state index contributed by atoms with van der Waals surface area (Å²) in [6, 6.07) is 0. The van der Waals surface area contributed by atoms with Crippen LogP contribution in [-0.2, 0) is 9.53 Å². The van der Waals surface area contributed by atoms with Crippen molar-refractivity contribution in [1.29, 1.82) is 0 Å². The maximum atomic E-state index is 11.4. The van der Waals surface area contributed by atoms with Crippen LogP contribution in [0.15, 0.2) is 28.5 Å². The quantitative estimate of drug-likeness (QED) is 0.615. The second-order valence-corrected chi connectivity index (χ2v) is 3.60. The molecule has 1 aliphatic heterocycles. The van der Waals surface area contributed by atoms with Gasteiger partial charge in [0, 0.05) is 0 Å². The Balaban J connectivity index is 0. The summed E-state index contributed by atoms with van der Waals surface area (Å²) in [4.78, 5) is 15.0. The molecular weight excluding hydrogens is 240 g/mol. The normalized spacial score (nSPS) is 17.6. The molecular formula is C15H28N2O2. The van der Waals surface area contributed by atoms with E-state index in [-0.39, 0.29) is 24.3 Å². The Morgan fingerprint density at radius 1 is 1.32 bits per heavy atom. The number of amidine groups is 1. The summed E-state index contributed by atoms with van der Waals surface area (Å²) in [5.74, 6) is 0.915. The molecule has 0 bridgehead atoms. The lowest BCUT2D eigenvalue weighted by atomic mass is 10.0. The van der Waals surface area contributed by atoms with E-state index >= 15 is 0 Å². The van der Waals surface area contributed by atoms with E-state index in [1.165, 1.54) is 0 Å². The lowest BCUT2D eigenvalue weighted by Crippen LogP contribution is -2.17. The lowest BCUT2D eigenvalue weighted by molar-refractivity contribution is -0.117. The number of nitrogens with two attached hydrogens (primary N) is 1. The minimum atomic E-state index is -0.232. The van der Waals surface area contributed by atoms with Crippen molar-refractivity contribution >= 4 is 11.7 Å². The summed E-state index contributed by atoms with van der Waals surface area (Å²) < 4.78 is 5.47. The third-order valence-corrected chi connectivity index (χ3v) is 2.07. The van der Waals surface area contributed by atoms with Crippen molar-refractivity contribution in [3.8, 4) is 0 Å². The van der Waals surface area contributed by atoms with Gasteiger partial charge in [0.1, 0.15) is 6.10 Å². The molecule has 1 atom stereocenters. The summed E-state index contributed by atoms with van der Waals surface area (Å²) >= 11 is 0. The molecule has 0 fully saturated rings. The van der Waals surface area contributed by atoms with Gasteiger partial charge in [-0.25, -0.2) is 4.99 Å². The van der Waals surface area contributed by atoms with Crippen LogP contribution in [0.4, 0.5) is 0 Å². The minimum absolute atomic E-state index is 0.0627. The Labute approximate surface area is 117 Å². The van der Waals surface area contributed by atoms with Gasteiger partial charge in [-0.05, 0) is 32.4 Å². The molecule has 1 rings (SSSR count). The third kappa shape index (κ3) is 9.05. The molecule has 0 spiro atoms. The number of carbonyl (C=O) groups excluding carboxylic acids is 1. The third-order valence-electron chi connectivity index (χ3n) is 2.07. The number of hydrogen-bond acceptors (Lipinski definition) is 2. The summed E-state index contributed by atoms with van der Waals surface area (Å²) in [6.45, 7) is 13.4. The van der Waals surface area contributed by atoms with Crippen molar-refractivity contribution in [2.24, 2.45) is 10.7 Å². The van der Waals surface area contributed by atoms with E-state index in [0.29, 0.717) is 0 Å². The maximum absolute atomic E-state index is 11.4. The van der Waals surface area contributed by atoms with Gasteiger partial charge >= 0.3 is 0 Å². The lowest BCUT2D eigenvalue weighted by Gasteiger charge is -2.20. The molecule has 1 amide bonds. The van der Waals surface area contributed by atoms with Gasteiger partial charge < -0.3 is 10.5 Å². The van der Waals surface area contributed by atoms with Crippen LogP contribution in [0.5, 0.6) is 0 Å². The van der Waals surface area contributed by atoms with Crippen molar-refractivity contribution in [1.82, 2.24) is 0 Å². The van der Waals surface area contributed by atoms with Crippen LogP contribution in [0.2, 0.25) is 0 Å². The summed E-state index contributed by atoms with van der Waals surface area (Å²) in [5.41, 5.74) is 6.25. The Morgan fingerprint density at radius 3 is 2.26 bits per heavy atom. The molecule has 0 aromatic rings. The number of nitrogens with zero attached hydrogens (tertiary/aromatic N) is 1. The molecule has 110 valence electrons. The highest BCUT2D eigenvalue weighted by Crippen LogP contribution is 2.20. The first-order valence-electron chi connectivity index (χ1n) is 6.86. The fraction of sp³-hybridized carbons (Fsp3) is 0.600. The van der Waals surface area contributed by atoms with Gasteiger partial charge in [0.25, 0.3) is 5.91 Å². The first-order valence-corrected chi connectivity index (χ1v) is 6.86. The molecule has 0 aliphatic carbocycles. The van der Waals surface area contributed by atoms with Gasteiger partial charge in [-0.15, -0.1) is 0 Å². The van der Waals surface area contributed by atoms with E-state index in [1.807, 2.05) is 53.7 Å². The summed E-state index contributed by atoms with van der Waals surface area (Å²) in [7, 11) is 0. The number of allylic oxidation sites excluding steroid dienone is 3. The van der Waals surface area contributed by atoms with E-state index in [4.69, 9.17) is 10.5 Å². The molecule has 4 heteroatoms. The first kappa shape index (κ1) is 19.8. The smallest absolute Gasteiger partial charge is 0.251 e. The Morgan fingerprint density at radius 2 is 1.84 bits per heavy atom. The van der Waals surface area contributed by atoms with Crippen molar-refractivity contribution in [2.45, 2.75) is 61.0 Å². The predicted molar refractivity (Wildman–Crippen MR) is 82.0 cm³/mol. The number of carbonyl (C=O) groups is 1. The molecule has 0 saturated carbocycles. The highest BCUT2D eigenvalue weighted by molar-refractivity contribution is 5.93. The number of hydrogen-bond donors (Lipinski definition) is 1. The van der Waals surface area contributed by atoms with Crippen LogP contribution >= 0.6 is 0 Å². The molecule has 0 aromatic carbocycles. The van der Waals surface area contributed by atoms with Crippen LogP contribution in [0, 0.1) is 0 Å². The SMILES string of the molecule is CC.CC.CC1=CC=C(CC(=O)N=C(C)N)C(C)O1. The topological polar surface area (TPSA) is 64.7 Å². The molecule has 1 aliphatic rings. The fourth-order valence-corrected chi connectivity index (χ4v) is 1.37. The van der Waals surface area contributed by atoms with Crippen LogP contribution in [0.1, 0.15) is 54.9 Å². The van der Waals surface area contributed by atoms with Crippen LogP contribution in [0.25, 0.3) is 0 Å². The second-order valence-electron chi connectivity index (χ2n) is 3.60. The fourth-order valence-electron chi connectivity index (χ4n) is 1.37. The Hall–Kier alpha value is -1.58. The summed E-state index contributed by atoms with van der Waals surface area (Å²) in [5, 5.41) is 0. The van der Waals surface area contributed by atoms with Crippen LogP contribution in [-0.4, -0.2) is 17.8 Å². The number of amides is 1. The van der Waals surface area contributed by atoms with E-state index in [1.54, 1.807) is 6.92 Å². The van der Waals surface area contributed by atoms with Crippen LogP contribution < -0.4 is 5.73 Å². The molecule has 1 heterocycles. The van der Waals surface area contributed by atoms with Gasteiger partial charge in [0.2, 0.25) is 0 Å². The Bertz CT molecular complexity index is 351. The van der Waals surface area contributed by atoms with Gasteiger partial charge in [-0.3, -0.25) is 4.79 Å². The molecule has 0 saturated heterocycles. The minimum Gasteiger partial charge on any atom is -0.491 e. The molecule has 1 unspecified atom stereocenters. The second kappa shape index (κ2) is 11.5. The number of rotatable bonds is 2. The Kier molecular flexibility index (Phi) is 12.0. The van der Waals surface area contributed by atoms with E-state index in [0.717, 1.165) is 11.3 Å². The standard InChI is InChI=1S/C11H16N2O2.2C2H6/c1-7-4-5-10(8(2)15-7)6-11(14)13-9(3)12;2*1-2/h4-5,8H,6H2,1-3H3,(H2,12,13,14);2*1-2H3. The van der Waals surface area contributed by atoms with E-state index in [9.17, 15) is 4.79 Å². The molecule has 0 aromatic heterocycles. The monoisotopic (exact) mass is 268 g/mol.